The average molecular weight is 285 g/mol. The zero-order chi connectivity index (χ0) is 11.4. The van der Waals surface area contributed by atoms with Crippen LogP contribution in [0.1, 0.15) is 24.5 Å². The minimum atomic E-state index is 0.554. The molecule has 1 aromatic rings. The number of nitriles is 1. The Morgan fingerprint density at radius 1 is 1.53 bits per heavy atom. The number of hydrogen-bond acceptors (Lipinski definition) is 1. The maximum Gasteiger partial charge on any atom is 0.0962 e. The fourth-order valence-electron chi connectivity index (χ4n) is 1.29. The van der Waals surface area contributed by atoms with Crippen molar-refractivity contribution in [3.8, 4) is 6.07 Å². The number of nitrogens with zero attached hydrogens (tertiary/aromatic N) is 1. The highest BCUT2D eigenvalue weighted by atomic mass is 79.9. The molecule has 0 aliphatic carbocycles. The molecular weight excluding hydrogens is 273 g/mol. The smallest absolute Gasteiger partial charge is 0.0962 e. The summed E-state index contributed by atoms with van der Waals surface area (Å²) in [5, 5.41) is 9.47. The third kappa shape index (κ3) is 2.62. The van der Waals surface area contributed by atoms with Crippen molar-refractivity contribution < 1.29 is 0 Å². The summed E-state index contributed by atoms with van der Waals surface area (Å²) in [4.78, 5) is 0. The fraction of sp³-hybridized carbons (Fsp3) is 0.250. The van der Waals surface area contributed by atoms with Gasteiger partial charge in [-0.3, -0.25) is 0 Å². The van der Waals surface area contributed by atoms with Crippen molar-refractivity contribution in [2.24, 2.45) is 0 Å². The zero-order valence-electron chi connectivity index (χ0n) is 8.64. The van der Waals surface area contributed by atoms with E-state index in [1.807, 2.05) is 32.0 Å². The molecule has 1 aromatic carbocycles. The van der Waals surface area contributed by atoms with Crippen LogP contribution in [-0.4, -0.2) is 0 Å². The summed E-state index contributed by atoms with van der Waals surface area (Å²) < 4.78 is 1.01. The molecule has 0 radical (unpaired) electrons. The number of halogens is 2. The average Bonchev–Trinajstić information content (AvgIpc) is 2.23. The van der Waals surface area contributed by atoms with E-state index in [4.69, 9.17) is 16.9 Å². The zero-order valence-corrected chi connectivity index (χ0v) is 11.0. The van der Waals surface area contributed by atoms with Crippen LogP contribution in [0.3, 0.4) is 0 Å². The second-order valence-corrected chi connectivity index (χ2v) is 4.40. The molecule has 0 aliphatic heterocycles. The van der Waals surface area contributed by atoms with Gasteiger partial charge in [-0.1, -0.05) is 46.6 Å². The summed E-state index contributed by atoms with van der Waals surface area (Å²) in [6.45, 7) is 3.90. The summed E-state index contributed by atoms with van der Waals surface area (Å²) in [5.41, 5.74) is 2.60. The lowest BCUT2D eigenvalue weighted by Gasteiger charge is -2.07. The highest BCUT2D eigenvalue weighted by Crippen LogP contribution is 2.30. The molecule has 0 unspecified atom stereocenters. The SMILES string of the molecule is CC/C(C#N)=C(/Cl)c1cccc(Br)c1C. The second kappa shape index (κ2) is 5.34. The quantitative estimate of drug-likeness (QED) is 0.726. The Morgan fingerprint density at radius 2 is 2.20 bits per heavy atom. The first-order valence-electron chi connectivity index (χ1n) is 4.66. The Bertz CT molecular complexity index is 443. The van der Waals surface area contributed by atoms with Crippen LogP contribution < -0.4 is 0 Å². The molecule has 1 nitrogen and oxygen atoms in total. The lowest BCUT2D eigenvalue weighted by Crippen LogP contribution is -1.88. The van der Waals surface area contributed by atoms with E-state index >= 15 is 0 Å². The molecule has 0 spiro atoms. The molecule has 0 fully saturated rings. The Balaban J connectivity index is 3.35. The summed E-state index contributed by atoms with van der Waals surface area (Å²) in [6.07, 6.45) is 0.654. The molecule has 0 aliphatic rings. The Kier molecular flexibility index (Phi) is 4.38. The number of benzene rings is 1. The van der Waals surface area contributed by atoms with E-state index in [2.05, 4.69) is 22.0 Å². The molecule has 0 saturated heterocycles. The van der Waals surface area contributed by atoms with E-state index in [0.29, 0.717) is 17.0 Å². The van der Waals surface area contributed by atoms with Crippen molar-refractivity contribution in [3.63, 3.8) is 0 Å². The van der Waals surface area contributed by atoms with Gasteiger partial charge in [0.1, 0.15) is 0 Å². The second-order valence-electron chi connectivity index (χ2n) is 3.17. The summed E-state index contributed by atoms with van der Waals surface area (Å²) in [5.74, 6) is 0. The van der Waals surface area contributed by atoms with Crippen molar-refractivity contribution in [3.05, 3.63) is 39.4 Å². The van der Waals surface area contributed by atoms with Crippen molar-refractivity contribution in [1.29, 1.82) is 5.26 Å². The van der Waals surface area contributed by atoms with E-state index in [9.17, 15) is 0 Å². The van der Waals surface area contributed by atoms with Crippen LogP contribution in [0.25, 0.3) is 5.03 Å². The molecule has 0 heterocycles. The standard InChI is InChI=1S/C12H11BrClN/c1-3-9(7-15)12(14)10-5-4-6-11(13)8(10)2/h4-6H,3H2,1-2H3/b12-9-. The van der Waals surface area contributed by atoms with Gasteiger partial charge in [0.05, 0.1) is 11.1 Å². The van der Waals surface area contributed by atoms with Gasteiger partial charge in [-0.15, -0.1) is 0 Å². The van der Waals surface area contributed by atoms with Crippen LogP contribution in [-0.2, 0) is 0 Å². The van der Waals surface area contributed by atoms with E-state index in [1.165, 1.54) is 0 Å². The Morgan fingerprint density at radius 3 is 2.73 bits per heavy atom. The Hall–Kier alpha value is -0.780. The molecular formula is C12H11BrClN. The Labute approximate surface area is 103 Å². The first-order chi connectivity index (χ1) is 7.11. The normalized spacial score (nSPS) is 11.9. The van der Waals surface area contributed by atoms with Crippen LogP contribution in [0.4, 0.5) is 0 Å². The van der Waals surface area contributed by atoms with E-state index in [0.717, 1.165) is 15.6 Å². The first kappa shape index (κ1) is 12.3. The van der Waals surface area contributed by atoms with Gasteiger partial charge < -0.3 is 0 Å². The van der Waals surface area contributed by atoms with Crippen molar-refractivity contribution in [1.82, 2.24) is 0 Å². The minimum Gasteiger partial charge on any atom is -0.193 e. The monoisotopic (exact) mass is 283 g/mol. The molecule has 3 heteroatoms. The van der Waals surface area contributed by atoms with Crippen molar-refractivity contribution in [2.45, 2.75) is 20.3 Å². The van der Waals surface area contributed by atoms with Gasteiger partial charge in [0, 0.05) is 10.0 Å². The molecule has 0 aromatic heterocycles. The first-order valence-corrected chi connectivity index (χ1v) is 5.83. The number of allylic oxidation sites excluding steroid dienone is 1. The summed E-state index contributed by atoms with van der Waals surface area (Å²) >= 11 is 9.63. The predicted octanol–water partition coefficient (Wildman–Crippen LogP) is 4.64. The van der Waals surface area contributed by atoms with Crippen molar-refractivity contribution in [2.75, 3.05) is 0 Å². The molecule has 78 valence electrons. The maximum atomic E-state index is 8.91. The van der Waals surface area contributed by atoms with Crippen LogP contribution >= 0.6 is 27.5 Å². The third-order valence-corrected chi connectivity index (χ3v) is 3.55. The molecule has 0 N–H and O–H groups in total. The minimum absolute atomic E-state index is 0.554. The molecule has 0 saturated carbocycles. The van der Waals surface area contributed by atoms with Gasteiger partial charge >= 0.3 is 0 Å². The van der Waals surface area contributed by atoms with Gasteiger partial charge in [0.2, 0.25) is 0 Å². The summed E-state index contributed by atoms with van der Waals surface area (Å²) in [6, 6.07) is 7.93. The van der Waals surface area contributed by atoms with E-state index in [1.54, 1.807) is 0 Å². The topological polar surface area (TPSA) is 23.8 Å². The van der Waals surface area contributed by atoms with Gasteiger partial charge in [-0.25, -0.2) is 0 Å². The van der Waals surface area contributed by atoms with Gasteiger partial charge in [0.15, 0.2) is 0 Å². The van der Waals surface area contributed by atoms with Gasteiger partial charge in [-0.05, 0) is 30.5 Å². The van der Waals surface area contributed by atoms with Crippen LogP contribution in [0, 0.1) is 18.3 Å². The van der Waals surface area contributed by atoms with Crippen LogP contribution in [0.5, 0.6) is 0 Å². The predicted molar refractivity (Wildman–Crippen MR) is 67.6 cm³/mol. The lowest BCUT2D eigenvalue weighted by molar-refractivity contribution is 1.16. The third-order valence-electron chi connectivity index (χ3n) is 2.26. The maximum absolute atomic E-state index is 8.91. The van der Waals surface area contributed by atoms with Crippen LogP contribution in [0.2, 0.25) is 0 Å². The largest absolute Gasteiger partial charge is 0.193 e. The molecule has 15 heavy (non-hydrogen) atoms. The molecule has 0 bridgehead atoms. The summed E-state index contributed by atoms with van der Waals surface area (Å²) in [7, 11) is 0. The lowest BCUT2D eigenvalue weighted by atomic mass is 10.0. The highest BCUT2D eigenvalue weighted by molar-refractivity contribution is 9.10. The van der Waals surface area contributed by atoms with E-state index < -0.39 is 0 Å². The van der Waals surface area contributed by atoms with Crippen molar-refractivity contribution >= 4 is 32.6 Å². The van der Waals surface area contributed by atoms with Gasteiger partial charge in [-0.2, -0.15) is 5.26 Å². The van der Waals surface area contributed by atoms with Gasteiger partial charge in [0.25, 0.3) is 0 Å². The highest BCUT2D eigenvalue weighted by Gasteiger charge is 2.09. The molecule has 0 amide bonds. The number of rotatable bonds is 2. The molecule has 1 rings (SSSR count). The number of hydrogen-bond donors (Lipinski definition) is 0. The molecule has 0 atom stereocenters. The fourth-order valence-corrected chi connectivity index (χ4v) is 2.04. The van der Waals surface area contributed by atoms with E-state index in [-0.39, 0.29) is 0 Å². The van der Waals surface area contributed by atoms with Crippen LogP contribution in [0.15, 0.2) is 28.2 Å².